The van der Waals surface area contributed by atoms with Crippen LogP contribution in [0.15, 0.2) is 12.4 Å². The predicted octanol–water partition coefficient (Wildman–Crippen LogP) is 1.44. The summed E-state index contributed by atoms with van der Waals surface area (Å²) in [7, 11) is 0. The van der Waals surface area contributed by atoms with Crippen molar-refractivity contribution in [3.63, 3.8) is 0 Å². The van der Waals surface area contributed by atoms with E-state index in [2.05, 4.69) is 21.8 Å². The summed E-state index contributed by atoms with van der Waals surface area (Å²) in [6.07, 6.45) is 7.08. The van der Waals surface area contributed by atoms with Gasteiger partial charge in [0.2, 0.25) is 0 Å². The Morgan fingerprint density at radius 2 is 2.14 bits per heavy atom. The van der Waals surface area contributed by atoms with Crippen LogP contribution < -0.4 is 10.6 Å². The van der Waals surface area contributed by atoms with Crippen LogP contribution in [0.5, 0.6) is 0 Å². The van der Waals surface area contributed by atoms with Gasteiger partial charge >= 0.3 is 0 Å². The molecule has 1 aromatic heterocycles. The minimum absolute atomic E-state index is 0.530. The minimum Gasteiger partial charge on any atom is -0.381 e. The first-order chi connectivity index (χ1) is 6.79. The number of rotatable bonds is 1. The Kier molecular flexibility index (Phi) is 2.52. The fourth-order valence-electron chi connectivity index (χ4n) is 1.98. The van der Waals surface area contributed by atoms with E-state index in [-0.39, 0.29) is 0 Å². The van der Waals surface area contributed by atoms with Gasteiger partial charge in [0, 0.05) is 25.0 Å². The van der Waals surface area contributed by atoms with Gasteiger partial charge in [-0.1, -0.05) is 0 Å². The van der Waals surface area contributed by atoms with Crippen molar-refractivity contribution in [2.75, 3.05) is 17.2 Å². The predicted molar refractivity (Wildman–Crippen MR) is 57.1 cm³/mol. The molecule has 2 rings (SSSR count). The van der Waals surface area contributed by atoms with Crippen molar-refractivity contribution in [1.29, 1.82) is 0 Å². The molecule has 1 unspecified atom stereocenters. The van der Waals surface area contributed by atoms with Crippen LogP contribution in [0.4, 0.5) is 11.6 Å². The lowest BCUT2D eigenvalue weighted by atomic mass is 10.0. The number of anilines is 2. The van der Waals surface area contributed by atoms with Gasteiger partial charge < -0.3 is 10.6 Å². The second kappa shape index (κ2) is 3.82. The van der Waals surface area contributed by atoms with E-state index in [1.807, 2.05) is 0 Å². The molecule has 1 fully saturated rings. The Balaban J connectivity index is 2.25. The fraction of sp³-hybridized carbons (Fsp3) is 0.600. The molecule has 1 atom stereocenters. The standard InChI is InChI=1S/C10H16N4/c1-8-4-2-3-7-14(8)10-9(11)12-5-6-13-10/h5-6,8H,2-4,7H2,1H3,(H2,11,12). The van der Waals surface area contributed by atoms with Crippen molar-refractivity contribution in [3.8, 4) is 0 Å². The highest BCUT2D eigenvalue weighted by molar-refractivity contribution is 5.57. The molecule has 0 amide bonds. The molecule has 0 aliphatic carbocycles. The highest BCUT2D eigenvalue weighted by atomic mass is 15.2. The largest absolute Gasteiger partial charge is 0.381 e. The number of hydrogen-bond donors (Lipinski definition) is 1. The zero-order chi connectivity index (χ0) is 9.97. The first-order valence-electron chi connectivity index (χ1n) is 5.12. The summed E-state index contributed by atoms with van der Waals surface area (Å²) in [6.45, 7) is 3.26. The van der Waals surface area contributed by atoms with Crippen molar-refractivity contribution >= 4 is 11.6 Å². The summed E-state index contributed by atoms with van der Waals surface area (Å²) in [6, 6.07) is 0.530. The van der Waals surface area contributed by atoms with Crippen molar-refractivity contribution in [2.24, 2.45) is 0 Å². The second-order valence-corrected chi connectivity index (χ2v) is 3.80. The average Bonchev–Trinajstić information content (AvgIpc) is 2.20. The number of nitrogens with two attached hydrogens (primary N) is 1. The van der Waals surface area contributed by atoms with Crippen LogP contribution in [-0.4, -0.2) is 22.6 Å². The minimum atomic E-state index is 0.530. The van der Waals surface area contributed by atoms with E-state index in [0.717, 1.165) is 12.4 Å². The second-order valence-electron chi connectivity index (χ2n) is 3.80. The van der Waals surface area contributed by atoms with Crippen molar-refractivity contribution in [2.45, 2.75) is 32.2 Å². The highest BCUT2D eigenvalue weighted by Crippen LogP contribution is 2.25. The van der Waals surface area contributed by atoms with E-state index in [4.69, 9.17) is 5.73 Å². The third-order valence-electron chi connectivity index (χ3n) is 2.78. The SMILES string of the molecule is CC1CCCCN1c1nccnc1N. The van der Waals surface area contributed by atoms with E-state index in [1.54, 1.807) is 12.4 Å². The molecular formula is C10H16N4. The zero-order valence-corrected chi connectivity index (χ0v) is 8.48. The maximum absolute atomic E-state index is 5.80. The van der Waals surface area contributed by atoms with Gasteiger partial charge in [0.05, 0.1) is 0 Å². The quantitative estimate of drug-likeness (QED) is 0.731. The third-order valence-corrected chi connectivity index (χ3v) is 2.78. The maximum atomic E-state index is 5.80. The van der Waals surface area contributed by atoms with Crippen LogP contribution in [0.1, 0.15) is 26.2 Å². The molecule has 0 bridgehead atoms. The molecule has 0 saturated carbocycles. The number of nitrogens with zero attached hydrogens (tertiary/aromatic N) is 3. The lowest BCUT2D eigenvalue weighted by molar-refractivity contribution is 0.481. The summed E-state index contributed by atoms with van der Waals surface area (Å²) >= 11 is 0. The van der Waals surface area contributed by atoms with E-state index < -0.39 is 0 Å². The number of hydrogen-bond acceptors (Lipinski definition) is 4. The summed E-state index contributed by atoms with van der Waals surface area (Å²) in [4.78, 5) is 10.6. The van der Waals surface area contributed by atoms with Crippen molar-refractivity contribution in [3.05, 3.63) is 12.4 Å². The van der Waals surface area contributed by atoms with Crippen LogP contribution in [0.25, 0.3) is 0 Å². The van der Waals surface area contributed by atoms with Gasteiger partial charge in [-0.25, -0.2) is 9.97 Å². The number of aromatic nitrogens is 2. The third kappa shape index (κ3) is 1.64. The van der Waals surface area contributed by atoms with Gasteiger partial charge in [-0.15, -0.1) is 0 Å². The van der Waals surface area contributed by atoms with Gasteiger partial charge in [-0.3, -0.25) is 0 Å². The van der Waals surface area contributed by atoms with Crippen molar-refractivity contribution < 1.29 is 0 Å². The van der Waals surface area contributed by atoms with Crippen LogP contribution in [0.3, 0.4) is 0 Å². The lowest BCUT2D eigenvalue weighted by Crippen LogP contribution is -2.38. The molecule has 1 aliphatic rings. The van der Waals surface area contributed by atoms with Gasteiger partial charge in [0.1, 0.15) is 0 Å². The van der Waals surface area contributed by atoms with Crippen LogP contribution in [0, 0.1) is 0 Å². The van der Waals surface area contributed by atoms with E-state index in [9.17, 15) is 0 Å². The topological polar surface area (TPSA) is 55.0 Å². The molecule has 0 spiro atoms. The molecule has 2 heterocycles. The Morgan fingerprint density at radius 1 is 1.36 bits per heavy atom. The summed E-state index contributed by atoms with van der Waals surface area (Å²) < 4.78 is 0. The molecule has 0 radical (unpaired) electrons. The molecule has 2 N–H and O–H groups in total. The smallest absolute Gasteiger partial charge is 0.171 e. The highest BCUT2D eigenvalue weighted by Gasteiger charge is 2.21. The van der Waals surface area contributed by atoms with Gasteiger partial charge in [-0.05, 0) is 26.2 Å². The number of piperidine rings is 1. The van der Waals surface area contributed by atoms with Crippen LogP contribution in [-0.2, 0) is 0 Å². The normalized spacial score (nSPS) is 22.4. The molecule has 0 aromatic carbocycles. The molecule has 76 valence electrons. The van der Waals surface area contributed by atoms with Crippen molar-refractivity contribution in [1.82, 2.24) is 9.97 Å². The average molecular weight is 192 g/mol. The number of nitrogen functional groups attached to an aromatic ring is 1. The van der Waals surface area contributed by atoms with E-state index >= 15 is 0 Å². The molecule has 1 aromatic rings. The van der Waals surface area contributed by atoms with Gasteiger partial charge in [0.15, 0.2) is 11.6 Å². The summed E-state index contributed by atoms with van der Waals surface area (Å²) in [5.41, 5.74) is 5.80. The van der Waals surface area contributed by atoms with E-state index in [0.29, 0.717) is 11.9 Å². The molecule has 4 nitrogen and oxygen atoms in total. The Morgan fingerprint density at radius 3 is 2.86 bits per heavy atom. The molecule has 1 aliphatic heterocycles. The van der Waals surface area contributed by atoms with E-state index in [1.165, 1.54) is 19.3 Å². The van der Waals surface area contributed by atoms with Crippen LogP contribution >= 0.6 is 0 Å². The summed E-state index contributed by atoms with van der Waals surface area (Å²) in [5, 5.41) is 0. The molecule has 14 heavy (non-hydrogen) atoms. The fourth-order valence-corrected chi connectivity index (χ4v) is 1.98. The lowest BCUT2D eigenvalue weighted by Gasteiger charge is -2.34. The van der Waals surface area contributed by atoms with Gasteiger partial charge in [0.25, 0.3) is 0 Å². The Hall–Kier alpha value is -1.32. The molecule has 4 heteroatoms. The molecular weight excluding hydrogens is 176 g/mol. The zero-order valence-electron chi connectivity index (χ0n) is 8.48. The molecule has 1 saturated heterocycles. The first kappa shape index (κ1) is 9.24. The summed E-state index contributed by atoms with van der Waals surface area (Å²) in [5.74, 6) is 1.39. The Labute approximate surface area is 84.2 Å². The maximum Gasteiger partial charge on any atom is 0.171 e. The van der Waals surface area contributed by atoms with Crippen LogP contribution in [0.2, 0.25) is 0 Å². The monoisotopic (exact) mass is 192 g/mol. The van der Waals surface area contributed by atoms with Gasteiger partial charge in [-0.2, -0.15) is 0 Å². The Bertz CT molecular complexity index is 313. The first-order valence-corrected chi connectivity index (χ1v) is 5.12.